The van der Waals surface area contributed by atoms with E-state index in [0.717, 1.165) is 25.5 Å². The molecule has 15 heteroatoms. The van der Waals surface area contributed by atoms with Gasteiger partial charge in [-0.1, -0.05) is 30.2 Å². The molecule has 0 bridgehead atoms. The molecule has 0 saturated carbocycles. The summed E-state index contributed by atoms with van der Waals surface area (Å²) in [6.45, 7) is 1.73. The van der Waals surface area contributed by atoms with Crippen molar-refractivity contribution in [3.63, 3.8) is 0 Å². The number of aliphatic hydroxyl groups excluding tert-OH is 2. The number of methoxy groups -OCH3 is 1. The summed E-state index contributed by atoms with van der Waals surface area (Å²) < 4.78 is 39.0. The molecule has 218 valence electrons. The number of phosphoric acid groups is 1. The monoisotopic (exact) mass is 572 g/mol. The third-order valence-corrected chi connectivity index (χ3v) is 7.12. The minimum atomic E-state index is -3.97. The quantitative estimate of drug-likeness (QED) is 0.177. The van der Waals surface area contributed by atoms with Gasteiger partial charge in [-0.2, -0.15) is 0 Å². The predicted octanol–water partition coefficient (Wildman–Crippen LogP) is 1.25. The average Bonchev–Trinajstić information content (AvgIpc) is 3.39. The van der Waals surface area contributed by atoms with Crippen molar-refractivity contribution >= 4 is 13.7 Å². The molecule has 0 spiro atoms. The lowest BCUT2D eigenvalue weighted by Gasteiger charge is -2.42. The normalized spacial score (nSPS) is 24.7. The number of ether oxygens (including phenoxy) is 3. The second kappa shape index (κ2) is 14.8. The van der Waals surface area contributed by atoms with Crippen molar-refractivity contribution in [2.75, 3.05) is 27.4 Å². The Labute approximate surface area is 226 Å². The first kappa shape index (κ1) is 31.1. The Morgan fingerprint density at radius 3 is 2.59 bits per heavy atom. The summed E-state index contributed by atoms with van der Waals surface area (Å²) >= 11 is 0. The van der Waals surface area contributed by atoms with Crippen molar-refractivity contribution < 1.29 is 47.7 Å². The van der Waals surface area contributed by atoms with E-state index < -0.39 is 44.4 Å². The molecule has 1 aromatic carbocycles. The zero-order chi connectivity index (χ0) is 28.4. The Hall–Kier alpha value is -2.42. The van der Waals surface area contributed by atoms with Gasteiger partial charge >= 0.3 is 7.82 Å². The number of carbonyl (C=O) groups excluding carboxylic acids is 1. The number of hydrogen-bond acceptors (Lipinski definition) is 11. The smallest absolute Gasteiger partial charge is 0.471 e. The van der Waals surface area contributed by atoms with Crippen LogP contribution in [0.4, 0.5) is 0 Å². The highest BCUT2D eigenvalue weighted by Gasteiger charge is 2.45. The Balaban J connectivity index is 1.55. The van der Waals surface area contributed by atoms with Crippen LogP contribution in [0.2, 0.25) is 0 Å². The Morgan fingerprint density at radius 1 is 1.15 bits per heavy atom. The van der Waals surface area contributed by atoms with E-state index in [9.17, 15) is 24.5 Å². The third kappa shape index (κ3) is 9.33. The highest BCUT2D eigenvalue weighted by atomic mass is 31.2. The molecule has 1 amide bonds. The summed E-state index contributed by atoms with van der Waals surface area (Å²) in [5, 5.41) is 32.4. The van der Waals surface area contributed by atoms with E-state index in [1.807, 2.05) is 24.3 Å². The Bertz CT molecular complexity index is 1100. The van der Waals surface area contributed by atoms with Crippen LogP contribution in [-0.2, 0) is 34.4 Å². The van der Waals surface area contributed by atoms with E-state index in [2.05, 4.69) is 20.2 Å². The van der Waals surface area contributed by atoms with Crippen LogP contribution in [0.1, 0.15) is 32.6 Å². The summed E-state index contributed by atoms with van der Waals surface area (Å²) in [5.74, 6) is 0.272. The fourth-order valence-electron chi connectivity index (χ4n) is 4.09. The fourth-order valence-corrected chi connectivity index (χ4v) is 4.55. The number of amides is 1. The summed E-state index contributed by atoms with van der Waals surface area (Å²) in [4.78, 5) is 20.9. The molecule has 6 atom stereocenters. The van der Waals surface area contributed by atoms with Crippen molar-refractivity contribution in [2.24, 2.45) is 0 Å². The maximum atomic E-state index is 11.7. The van der Waals surface area contributed by atoms with Gasteiger partial charge in [-0.25, -0.2) is 9.25 Å². The predicted molar refractivity (Wildman–Crippen MR) is 137 cm³/mol. The summed E-state index contributed by atoms with van der Waals surface area (Å²) in [6.07, 6.45) is -0.212. The van der Waals surface area contributed by atoms with Crippen molar-refractivity contribution in [1.29, 1.82) is 0 Å². The van der Waals surface area contributed by atoms with Crippen LogP contribution >= 0.6 is 7.82 Å². The standard InChI is InChI=1S/C24H37N4O10P/c1-16(29)25-21-23(31)22(30)20(15-28-14-19(26-27-28)17-9-8-10-18(13-17)34-2)38-24(21)36-11-6-4-5-7-12-37-39(32,33)35-3/h8-10,13-14,20-24,30-31H,4-7,11-12,15H2,1-3H3,(H,25,29)(H,32,33). The van der Waals surface area contributed by atoms with Crippen molar-refractivity contribution in [3.8, 4) is 17.0 Å². The van der Waals surface area contributed by atoms with Crippen LogP contribution in [0.15, 0.2) is 30.5 Å². The molecule has 0 radical (unpaired) electrons. The van der Waals surface area contributed by atoms with Crippen LogP contribution < -0.4 is 10.1 Å². The van der Waals surface area contributed by atoms with Gasteiger partial charge in [0.2, 0.25) is 5.91 Å². The number of nitrogens with one attached hydrogen (secondary N) is 1. The summed E-state index contributed by atoms with van der Waals surface area (Å²) in [6, 6.07) is 6.37. The molecule has 4 N–H and O–H groups in total. The molecule has 3 rings (SSSR count). The first-order valence-electron chi connectivity index (χ1n) is 12.6. The molecule has 2 heterocycles. The van der Waals surface area contributed by atoms with Gasteiger partial charge in [-0.05, 0) is 25.0 Å². The molecular formula is C24H37N4O10P. The van der Waals surface area contributed by atoms with E-state index in [1.165, 1.54) is 11.6 Å². The number of rotatable bonds is 15. The van der Waals surface area contributed by atoms with E-state index in [4.69, 9.17) is 18.7 Å². The fraction of sp³-hybridized carbons (Fsp3) is 0.625. The SMILES string of the molecule is COc1cccc(-c2cn(CC3OC(OCCCCCCOP(=O)(O)OC)C(NC(C)=O)C(O)C3O)nn2)c1. The number of hydrogen-bond donors (Lipinski definition) is 4. The van der Waals surface area contributed by atoms with Crippen LogP contribution in [0.5, 0.6) is 5.75 Å². The largest absolute Gasteiger partial charge is 0.497 e. The van der Waals surface area contributed by atoms with Crippen LogP contribution in [-0.4, -0.2) is 94.1 Å². The lowest BCUT2D eigenvalue weighted by molar-refractivity contribution is -0.267. The van der Waals surface area contributed by atoms with E-state index in [-0.39, 0.29) is 19.8 Å². The minimum Gasteiger partial charge on any atom is -0.497 e. The number of aromatic nitrogens is 3. The number of unbranched alkanes of at least 4 members (excludes halogenated alkanes) is 3. The summed E-state index contributed by atoms with van der Waals surface area (Å²) in [5.41, 5.74) is 1.39. The van der Waals surface area contributed by atoms with Gasteiger partial charge in [0.05, 0.1) is 26.5 Å². The maximum Gasteiger partial charge on any atom is 0.471 e. The zero-order valence-electron chi connectivity index (χ0n) is 22.2. The molecule has 1 aliphatic heterocycles. The molecule has 1 fully saturated rings. The lowest BCUT2D eigenvalue weighted by Crippen LogP contribution is -2.64. The van der Waals surface area contributed by atoms with Crippen LogP contribution in [0.3, 0.4) is 0 Å². The first-order chi connectivity index (χ1) is 18.6. The molecule has 14 nitrogen and oxygen atoms in total. The second-order valence-corrected chi connectivity index (χ2v) is 10.6. The first-order valence-corrected chi connectivity index (χ1v) is 14.1. The molecule has 6 unspecified atom stereocenters. The van der Waals surface area contributed by atoms with E-state index in [0.29, 0.717) is 24.3 Å². The number of benzene rings is 1. The molecule has 39 heavy (non-hydrogen) atoms. The van der Waals surface area contributed by atoms with Gasteiger partial charge in [0.25, 0.3) is 0 Å². The Morgan fingerprint density at radius 2 is 1.90 bits per heavy atom. The van der Waals surface area contributed by atoms with Gasteiger partial charge in [0, 0.05) is 26.2 Å². The maximum absolute atomic E-state index is 11.7. The van der Waals surface area contributed by atoms with E-state index >= 15 is 0 Å². The molecule has 0 aliphatic carbocycles. The Kier molecular flexibility index (Phi) is 11.8. The van der Waals surface area contributed by atoms with Gasteiger partial charge in [-0.3, -0.25) is 13.8 Å². The van der Waals surface area contributed by atoms with E-state index in [1.54, 1.807) is 13.3 Å². The van der Waals surface area contributed by atoms with Gasteiger partial charge < -0.3 is 34.6 Å². The molecular weight excluding hydrogens is 535 g/mol. The lowest BCUT2D eigenvalue weighted by atomic mass is 9.96. The van der Waals surface area contributed by atoms with Crippen LogP contribution in [0, 0.1) is 0 Å². The molecule has 1 saturated heterocycles. The molecule has 1 aliphatic rings. The number of carbonyl (C=O) groups is 1. The van der Waals surface area contributed by atoms with Crippen molar-refractivity contribution in [2.45, 2.75) is 69.8 Å². The highest BCUT2D eigenvalue weighted by Crippen LogP contribution is 2.41. The highest BCUT2D eigenvalue weighted by molar-refractivity contribution is 7.47. The van der Waals surface area contributed by atoms with Gasteiger partial charge in [-0.15, -0.1) is 5.10 Å². The molecule has 1 aromatic heterocycles. The molecule has 2 aromatic rings. The van der Waals surface area contributed by atoms with Crippen molar-refractivity contribution in [1.82, 2.24) is 20.3 Å². The van der Waals surface area contributed by atoms with Gasteiger partial charge in [0.15, 0.2) is 6.29 Å². The minimum absolute atomic E-state index is 0.0814. The number of nitrogens with zero attached hydrogens (tertiary/aromatic N) is 3. The third-order valence-electron chi connectivity index (χ3n) is 6.15. The number of aliphatic hydroxyl groups is 2. The van der Waals surface area contributed by atoms with Crippen LogP contribution in [0.25, 0.3) is 11.3 Å². The zero-order valence-corrected chi connectivity index (χ0v) is 23.1. The average molecular weight is 573 g/mol. The van der Waals surface area contributed by atoms with Gasteiger partial charge in [0.1, 0.15) is 35.8 Å². The summed E-state index contributed by atoms with van der Waals surface area (Å²) in [7, 11) is -1.29. The topological polar surface area (TPSA) is 184 Å². The van der Waals surface area contributed by atoms with Crippen molar-refractivity contribution in [3.05, 3.63) is 30.5 Å². The number of phosphoric ester groups is 1. The second-order valence-electron chi connectivity index (χ2n) is 9.08.